The second-order valence-corrected chi connectivity index (χ2v) is 10.3. The van der Waals surface area contributed by atoms with Gasteiger partial charge in [-0.05, 0) is 80.1 Å². The van der Waals surface area contributed by atoms with Crippen molar-refractivity contribution in [1.29, 1.82) is 0 Å². The fourth-order valence-corrected chi connectivity index (χ4v) is 5.40. The van der Waals surface area contributed by atoms with Gasteiger partial charge in [0.05, 0.1) is 16.8 Å². The van der Waals surface area contributed by atoms with E-state index in [-0.39, 0.29) is 5.56 Å². The molecule has 0 atom stereocenters. The average molecular weight is 562 g/mol. The van der Waals surface area contributed by atoms with Crippen LogP contribution in [-0.4, -0.2) is 37.6 Å². The van der Waals surface area contributed by atoms with E-state index < -0.39 is 0 Å². The lowest BCUT2D eigenvalue weighted by Gasteiger charge is -2.08. The molecule has 9 heteroatoms. The number of para-hydroxylation sites is 1. The predicted octanol–water partition coefficient (Wildman–Crippen LogP) is 5.49. The molecule has 0 fully saturated rings. The molecule has 0 unspecified atom stereocenters. The SMILES string of the molecule is C=CCOc1ccc(-c2nn(-c3ccccc3)cc2C=c2sc3nc(-c4ccc(OCC)cc4)nn3c2=O)cc1C. The molecule has 0 aliphatic heterocycles. The molecule has 41 heavy (non-hydrogen) atoms. The van der Waals surface area contributed by atoms with Crippen molar-refractivity contribution in [3.05, 3.63) is 118 Å². The Labute approximate surface area is 240 Å². The molecule has 0 aliphatic carbocycles. The van der Waals surface area contributed by atoms with Gasteiger partial charge < -0.3 is 9.47 Å². The number of thiazole rings is 1. The van der Waals surface area contributed by atoms with Gasteiger partial charge in [0.15, 0.2) is 5.82 Å². The summed E-state index contributed by atoms with van der Waals surface area (Å²) in [5.41, 5.74) is 4.96. The summed E-state index contributed by atoms with van der Waals surface area (Å²) >= 11 is 1.30. The molecule has 0 bridgehead atoms. The molecule has 6 rings (SSSR count). The van der Waals surface area contributed by atoms with Gasteiger partial charge in [-0.2, -0.15) is 14.6 Å². The van der Waals surface area contributed by atoms with Crippen molar-refractivity contribution in [3.63, 3.8) is 0 Å². The van der Waals surface area contributed by atoms with Crippen LogP contribution in [0.25, 0.3) is 39.4 Å². The van der Waals surface area contributed by atoms with E-state index in [1.807, 2.05) is 104 Å². The Hall–Kier alpha value is -5.02. The van der Waals surface area contributed by atoms with Gasteiger partial charge in [-0.1, -0.05) is 42.2 Å². The standard InChI is InChI=1S/C32H27N5O3S/c1-4-17-40-27-16-13-23(18-21(27)3)29-24(20-36(34-29)25-9-7-6-8-10-25)19-28-31(38)37-32(41-28)33-30(35-37)22-11-14-26(15-12-22)39-5-2/h4,6-16,18-20H,1,5,17H2,2-3H3. The summed E-state index contributed by atoms with van der Waals surface area (Å²) in [5.74, 6) is 2.06. The first-order chi connectivity index (χ1) is 20.0. The van der Waals surface area contributed by atoms with Crippen molar-refractivity contribution < 1.29 is 9.47 Å². The topological polar surface area (TPSA) is 83.5 Å². The molecule has 8 nitrogen and oxygen atoms in total. The third-order valence-corrected chi connectivity index (χ3v) is 7.42. The first-order valence-corrected chi connectivity index (χ1v) is 14.0. The minimum absolute atomic E-state index is 0.225. The van der Waals surface area contributed by atoms with Crippen LogP contribution >= 0.6 is 11.3 Å². The summed E-state index contributed by atoms with van der Waals surface area (Å²) in [6, 6.07) is 23.3. The quantitative estimate of drug-likeness (QED) is 0.217. The zero-order valence-corrected chi connectivity index (χ0v) is 23.5. The number of rotatable bonds is 9. The molecule has 3 heterocycles. The maximum Gasteiger partial charge on any atom is 0.291 e. The Morgan fingerprint density at radius 2 is 1.76 bits per heavy atom. The monoisotopic (exact) mass is 561 g/mol. The molecule has 0 saturated carbocycles. The number of ether oxygens (including phenoxy) is 2. The normalized spacial score (nSPS) is 11.7. The molecule has 0 N–H and O–H groups in total. The second kappa shape index (κ2) is 11.2. The van der Waals surface area contributed by atoms with Crippen LogP contribution in [0.1, 0.15) is 18.1 Å². The van der Waals surface area contributed by atoms with Gasteiger partial charge >= 0.3 is 0 Å². The molecular formula is C32H27N5O3S. The lowest BCUT2D eigenvalue weighted by Crippen LogP contribution is -2.23. The van der Waals surface area contributed by atoms with Crippen molar-refractivity contribution >= 4 is 22.4 Å². The van der Waals surface area contributed by atoms with Gasteiger partial charge in [0.1, 0.15) is 23.8 Å². The number of fused-ring (bicyclic) bond motifs is 1. The zero-order chi connectivity index (χ0) is 28.3. The van der Waals surface area contributed by atoms with E-state index in [9.17, 15) is 4.79 Å². The Kier molecular flexibility index (Phi) is 7.18. The van der Waals surface area contributed by atoms with Crippen molar-refractivity contribution in [3.8, 4) is 39.8 Å². The minimum atomic E-state index is -0.225. The first kappa shape index (κ1) is 26.2. The molecule has 0 spiro atoms. The van der Waals surface area contributed by atoms with E-state index in [1.54, 1.807) is 6.08 Å². The van der Waals surface area contributed by atoms with Crippen LogP contribution in [0.2, 0.25) is 0 Å². The highest BCUT2D eigenvalue weighted by Gasteiger charge is 2.16. The van der Waals surface area contributed by atoms with Crippen molar-refractivity contribution in [2.45, 2.75) is 13.8 Å². The van der Waals surface area contributed by atoms with Gasteiger partial charge in [-0.15, -0.1) is 5.10 Å². The molecule has 0 saturated heterocycles. The Bertz CT molecular complexity index is 1960. The largest absolute Gasteiger partial charge is 0.494 e. The molecule has 0 radical (unpaired) electrons. The van der Waals surface area contributed by atoms with Crippen molar-refractivity contribution in [2.75, 3.05) is 13.2 Å². The summed E-state index contributed by atoms with van der Waals surface area (Å²) in [7, 11) is 0. The van der Waals surface area contributed by atoms with E-state index in [0.717, 1.165) is 45.1 Å². The second-order valence-electron chi connectivity index (χ2n) is 9.30. The van der Waals surface area contributed by atoms with E-state index in [0.29, 0.717) is 28.5 Å². The zero-order valence-electron chi connectivity index (χ0n) is 22.7. The smallest absolute Gasteiger partial charge is 0.291 e. The highest BCUT2D eigenvalue weighted by molar-refractivity contribution is 7.15. The van der Waals surface area contributed by atoms with Gasteiger partial charge in [0.2, 0.25) is 4.96 Å². The van der Waals surface area contributed by atoms with E-state index >= 15 is 0 Å². The van der Waals surface area contributed by atoms with Gasteiger partial charge in [-0.25, -0.2) is 4.68 Å². The van der Waals surface area contributed by atoms with Crippen LogP contribution in [0.5, 0.6) is 11.5 Å². The molecule has 204 valence electrons. The molecule has 0 aliphatic rings. The number of hydrogen-bond donors (Lipinski definition) is 0. The van der Waals surface area contributed by atoms with Gasteiger partial charge in [0.25, 0.3) is 5.56 Å². The predicted molar refractivity (Wildman–Crippen MR) is 162 cm³/mol. The maximum absolute atomic E-state index is 13.4. The van der Waals surface area contributed by atoms with Crippen molar-refractivity contribution in [2.24, 2.45) is 0 Å². The fourth-order valence-electron chi connectivity index (χ4n) is 4.50. The number of aryl methyl sites for hydroxylation is 1. The van der Waals surface area contributed by atoms with Crippen LogP contribution in [0.4, 0.5) is 0 Å². The van der Waals surface area contributed by atoms with Crippen LogP contribution < -0.4 is 19.6 Å². The third-order valence-electron chi connectivity index (χ3n) is 6.46. The van der Waals surface area contributed by atoms with Crippen LogP contribution in [0.3, 0.4) is 0 Å². The molecule has 0 amide bonds. The number of aromatic nitrogens is 5. The van der Waals surface area contributed by atoms with Gasteiger partial charge in [0, 0.05) is 22.9 Å². The molecule has 3 aromatic carbocycles. The Balaban J connectivity index is 1.42. The number of hydrogen-bond acceptors (Lipinski definition) is 7. The average Bonchev–Trinajstić information content (AvgIpc) is 3.68. The molecule has 6 aromatic rings. The van der Waals surface area contributed by atoms with Gasteiger partial charge in [-0.3, -0.25) is 4.79 Å². The maximum atomic E-state index is 13.4. The van der Waals surface area contributed by atoms with E-state index in [4.69, 9.17) is 14.6 Å². The highest BCUT2D eigenvalue weighted by atomic mass is 32.1. The third kappa shape index (κ3) is 5.27. The first-order valence-electron chi connectivity index (χ1n) is 13.2. The van der Waals surface area contributed by atoms with E-state index in [2.05, 4.69) is 16.7 Å². The number of benzene rings is 3. The lowest BCUT2D eigenvalue weighted by atomic mass is 10.0. The number of nitrogens with zero attached hydrogens (tertiary/aromatic N) is 5. The lowest BCUT2D eigenvalue weighted by molar-refractivity contribution is 0.340. The molecule has 3 aromatic heterocycles. The van der Waals surface area contributed by atoms with E-state index in [1.165, 1.54) is 15.9 Å². The summed E-state index contributed by atoms with van der Waals surface area (Å²) in [6.07, 6.45) is 5.51. The van der Waals surface area contributed by atoms with Crippen LogP contribution in [0.15, 0.2) is 96.4 Å². The Morgan fingerprint density at radius 3 is 2.46 bits per heavy atom. The Morgan fingerprint density at radius 1 is 0.976 bits per heavy atom. The summed E-state index contributed by atoms with van der Waals surface area (Å²) < 4.78 is 15.0. The summed E-state index contributed by atoms with van der Waals surface area (Å²) in [5, 5.41) is 9.41. The summed E-state index contributed by atoms with van der Waals surface area (Å²) in [4.78, 5) is 18.6. The minimum Gasteiger partial charge on any atom is -0.494 e. The fraction of sp³-hybridized carbons (Fsp3) is 0.125. The van der Waals surface area contributed by atoms with Crippen LogP contribution in [0, 0.1) is 6.92 Å². The molecular weight excluding hydrogens is 534 g/mol. The highest BCUT2D eigenvalue weighted by Crippen LogP contribution is 2.29. The van der Waals surface area contributed by atoms with Crippen molar-refractivity contribution in [1.82, 2.24) is 24.4 Å². The van der Waals surface area contributed by atoms with Crippen LogP contribution in [-0.2, 0) is 0 Å². The summed E-state index contributed by atoms with van der Waals surface area (Å²) in [6.45, 7) is 8.69.